The van der Waals surface area contributed by atoms with Crippen molar-refractivity contribution >= 4 is 29.9 Å². The van der Waals surface area contributed by atoms with Crippen LogP contribution in [-0.4, -0.2) is 39.2 Å². The maximum Gasteiger partial charge on any atom is 0.433 e. The Bertz CT molecular complexity index is 712. The maximum atomic E-state index is 10.5. The molecule has 2 aromatic rings. The molecule has 0 unspecified atom stereocenters. The Morgan fingerprint density at radius 3 is 2.57 bits per heavy atom. The Labute approximate surface area is 131 Å². The fraction of sp³-hybridized carbons (Fsp3) is 0.333. The minimum Gasteiger partial charge on any atom is -0.400 e. The van der Waals surface area contributed by atoms with Crippen LogP contribution < -0.4 is 16.1 Å². The van der Waals surface area contributed by atoms with Crippen LogP contribution in [0.2, 0.25) is 0 Å². The van der Waals surface area contributed by atoms with Crippen molar-refractivity contribution in [3.05, 3.63) is 28.0 Å². The number of hydrogen-bond acceptors (Lipinski definition) is 10. The number of anilines is 3. The second kappa shape index (κ2) is 7.15. The summed E-state index contributed by atoms with van der Waals surface area (Å²) in [6.45, 7) is 3.91. The highest BCUT2D eigenvalue weighted by Gasteiger charge is 2.10. The van der Waals surface area contributed by atoms with Gasteiger partial charge >= 0.3 is 5.88 Å². The van der Waals surface area contributed by atoms with E-state index in [4.69, 9.17) is 4.42 Å². The molecule has 0 saturated heterocycles. The molecule has 2 heterocycles. The third-order valence-electron chi connectivity index (χ3n) is 2.43. The predicted octanol–water partition coefficient (Wildman–Crippen LogP) is 1.68. The van der Waals surface area contributed by atoms with Gasteiger partial charge in [-0.1, -0.05) is 0 Å². The van der Waals surface area contributed by atoms with Crippen LogP contribution in [0.15, 0.2) is 21.7 Å². The van der Waals surface area contributed by atoms with E-state index in [2.05, 4.69) is 36.1 Å². The fourth-order valence-electron chi connectivity index (χ4n) is 1.52. The van der Waals surface area contributed by atoms with Crippen molar-refractivity contribution in [3.8, 4) is 0 Å². The molecule has 3 N–H and O–H groups in total. The van der Waals surface area contributed by atoms with E-state index in [-0.39, 0.29) is 23.6 Å². The summed E-state index contributed by atoms with van der Waals surface area (Å²) in [4.78, 5) is 22.3. The third-order valence-corrected chi connectivity index (χ3v) is 2.43. The van der Waals surface area contributed by atoms with Crippen LogP contribution >= 0.6 is 0 Å². The molecule has 11 heteroatoms. The molecule has 0 aliphatic carbocycles. The summed E-state index contributed by atoms with van der Waals surface area (Å²) in [5, 5.41) is 20.3. The molecule has 0 saturated carbocycles. The molecule has 0 atom stereocenters. The lowest BCUT2D eigenvalue weighted by Gasteiger charge is -2.10. The fourth-order valence-corrected chi connectivity index (χ4v) is 1.52. The molecule has 0 fully saturated rings. The molecule has 0 aliphatic heterocycles. The van der Waals surface area contributed by atoms with Gasteiger partial charge in [0.05, 0.1) is 12.3 Å². The van der Waals surface area contributed by atoms with Gasteiger partial charge in [0.1, 0.15) is 4.92 Å². The summed E-state index contributed by atoms with van der Waals surface area (Å²) in [5.41, 5.74) is 2.62. The van der Waals surface area contributed by atoms with Crippen LogP contribution in [0, 0.1) is 10.1 Å². The standard InChI is InChI=1S/C12H16N8O3/c1-7(2)15-11-16-10(13-3)17-12(18-11)19-14-6-8-4-5-9(23-8)20(21)22/h4-7H,1-3H3,(H3,13,15,16,17,18,19)/b14-6+. The van der Waals surface area contributed by atoms with Gasteiger partial charge in [0, 0.05) is 13.1 Å². The zero-order valence-electron chi connectivity index (χ0n) is 12.8. The second-order valence-corrected chi connectivity index (χ2v) is 4.66. The first kappa shape index (κ1) is 16.1. The van der Waals surface area contributed by atoms with Crippen LogP contribution in [0.3, 0.4) is 0 Å². The molecule has 23 heavy (non-hydrogen) atoms. The first-order chi connectivity index (χ1) is 11.0. The van der Waals surface area contributed by atoms with Crippen molar-refractivity contribution in [2.45, 2.75) is 19.9 Å². The Morgan fingerprint density at radius 2 is 1.96 bits per heavy atom. The number of furan rings is 1. The SMILES string of the molecule is CNc1nc(N/N=C/c2ccc([N+](=O)[O-])o2)nc(NC(C)C)n1. The number of rotatable bonds is 7. The summed E-state index contributed by atoms with van der Waals surface area (Å²) in [5.74, 6) is 0.852. The molecule has 11 nitrogen and oxygen atoms in total. The average molecular weight is 320 g/mol. The van der Waals surface area contributed by atoms with E-state index < -0.39 is 4.92 Å². The third kappa shape index (κ3) is 4.62. The quantitative estimate of drug-likeness (QED) is 0.394. The van der Waals surface area contributed by atoms with Crippen LogP contribution in [0.4, 0.5) is 23.7 Å². The van der Waals surface area contributed by atoms with Gasteiger partial charge in [0.2, 0.25) is 17.8 Å². The molecule has 122 valence electrons. The van der Waals surface area contributed by atoms with Crippen LogP contribution in [0.5, 0.6) is 0 Å². The molecule has 0 spiro atoms. The van der Waals surface area contributed by atoms with Crippen molar-refractivity contribution in [1.29, 1.82) is 0 Å². The molecule has 0 amide bonds. The van der Waals surface area contributed by atoms with Gasteiger partial charge in [0.25, 0.3) is 0 Å². The molecule has 0 aromatic carbocycles. The van der Waals surface area contributed by atoms with Crippen molar-refractivity contribution in [2.75, 3.05) is 23.1 Å². The van der Waals surface area contributed by atoms with E-state index in [9.17, 15) is 10.1 Å². The van der Waals surface area contributed by atoms with E-state index in [0.29, 0.717) is 11.9 Å². The summed E-state index contributed by atoms with van der Waals surface area (Å²) in [7, 11) is 1.68. The molecular weight excluding hydrogens is 304 g/mol. The van der Waals surface area contributed by atoms with Crippen molar-refractivity contribution < 1.29 is 9.34 Å². The van der Waals surface area contributed by atoms with Crippen LogP contribution in [-0.2, 0) is 0 Å². The summed E-state index contributed by atoms with van der Waals surface area (Å²) < 4.78 is 4.94. The number of nitrogens with zero attached hydrogens (tertiary/aromatic N) is 5. The number of nitrogens with one attached hydrogen (secondary N) is 3. The Morgan fingerprint density at radius 1 is 1.26 bits per heavy atom. The Hall–Kier alpha value is -3.24. The first-order valence-corrected chi connectivity index (χ1v) is 6.71. The second-order valence-electron chi connectivity index (χ2n) is 4.66. The maximum absolute atomic E-state index is 10.5. The molecule has 2 rings (SSSR count). The number of nitro groups is 1. The van der Waals surface area contributed by atoms with Gasteiger partial charge in [0.15, 0.2) is 5.76 Å². The smallest absolute Gasteiger partial charge is 0.400 e. The summed E-state index contributed by atoms with van der Waals surface area (Å²) in [6, 6.07) is 2.83. The highest BCUT2D eigenvalue weighted by atomic mass is 16.6. The largest absolute Gasteiger partial charge is 0.433 e. The lowest BCUT2D eigenvalue weighted by molar-refractivity contribution is -0.402. The predicted molar refractivity (Wildman–Crippen MR) is 84.7 cm³/mol. The highest BCUT2D eigenvalue weighted by Crippen LogP contribution is 2.14. The lowest BCUT2D eigenvalue weighted by Crippen LogP contribution is -2.15. The van der Waals surface area contributed by atoms with E-state index in [1.807, 2.05) is 13.8 Å². The van der Waals surface area contributed by atoms with Crippen LogP contribution in [0.25, 0.3) is 0 Å². The normalized spacial score (nSPS) is 11.0. The number of aromatic nitrogens is 3. The molecule has 0 aliphatic rings. The van der Waals surface area contributed by atoms with Gasteiger partial charge in [-0.15, -0.1) is 0 Å². The summed E-state index contributed by atoms with van der Waals surface area (Å²) >= 11 is 0. The Balaban J connectivity index is 2.09. The zero-order chi connectivity index (χ0) is 16.8. The van der Waals surface area contributed by atoms with Gasteiger partial charge in [-0.05, 0) is 19.9 Å². The highest BCUT2D eigenvalue weighted by molar-refractivity contribution is 5.76. The first-order valence-electron chi connectivity index (χ1n) is 6.71. The van der Waals surface area contributed by atoms with E-state index in [1.54, 1.807) is 7.05 Å². The van der Waals surface area contributed by atoms with Gasteiger partial charge in [-0.25, -0.2) is 5.43 Å². The molecular formula is C12H16N8O3. The van der Waals surface area contributed by atoms with Gasteiger partial charge in [-0.3, -0.25) is 10.1 Å². The van der Waals surface area contributed by atoms with Gasteiger partial charge in [-0.2, -0.15) is 20.1 Å². The number of hydrogen-bond donors (Lipinski definition) is 3. The topological polar surface area (TPSA) is 143 Å². The average Bonchev–Trinajstić information content (AvgIpc) is 2.95. The lowest BCUT2D eigenvalue weighted by atomic mass is 10.4. The summed E-state index contributed by atoms with van der Waals surface area (Å²) in [6.07, 6.45) is 1.28. The molecule has 0 radical (unpaired) electrons. The van der Waals surface area contributed by atoms with Crippen molar-refractivity contribution in [1.82, 2.24) is 15.0 Å². The van der Waals surface area contributed by atoms with E-state index >= 15 is 0 Å². The van der Waals surface area contributed by atoms with Gasteiger partial charge < -0.3 is 15.1 Å². The van der Waals surface area contributed by atoms with Crippen LogP contribution in [0.1, 0.15) is 19.6 Å². The monoisotopic (exact) mass is 320 g/mol. The number of hydrazone groups is 1. The Kier molecular flexibility index (Phi) is 5.02. The van der Waals surface area contributed by atoms with E-state index in [1.165, 1.54) is 18.3 Å². The minimum absolute atomic E-state index is 0.155. The molecule has 2 aromatic heterocycles. The minimum atomic E-state index is -0.625. The van der Waals surface area contributed by atoms with Crippen molar-refractivity contribution in [2.24, 2.45) is 5.10 Å². The van der Waals surface area contributed by atoms with E-state index in [0.717, 1.165) is 0 Å². The van der Waals surface area contributed by atoms with Crippen molar-refractivity contribution in [3.63, 3.8) is 0 Å². The molecule has 0 bridgehead atoms. The zero-order valence-corrected chi connectivity index (χ0v) is 12.8.